The van der Waals surface area contributed by atoms with Crippen LogP contribution < -0.4 is 15.0 Å². The van der Waals surface area contributed by atoms with Gasteiger partial charge >= 0.3 is 0 Å². The predicted molar refractivity (Wildman–Crippen MR) is 97.0 cm³/mol. The number of rotatable bonds is 5. The van der Waals surface area contributed by atoms with Crippen LogP contribution in [0.25, 0.3) is 0 Å². The first-order valence-electron chi connectivity index (χ1n) is 8.03. The largest absolute Gasteiger partial charge is 0.492 e. The topological polar surface area (TPSA) is 58.6 Å². The molecule has 25 heavy (non-hydrogen) atoms. The number of ether oxygens (including phenoxy) is 1. The number of halogens is 1. The summed E-state index contributed by atoms with van der Waals surface area (Å²) in [6.07, 6.45) is 0. The number of hydrogen-bond donors (Lipinski definition) is 1. The third-order valence-electron chi connectivity index (χ3n) is 4.11. The van der Waals surface area contributed by atoms with Crippen molar-refractivity contribution < 1.29 is 14.3 Å². The molecule has 1 heterocycles. The van der Waals surface area contributed by atoms with Crippen LogP contribution in [0, 0.1) is 6.92 Å². The maximum Gasteiger partial charge on any atom is 0.254 e. The van der Waals surface area contributed by atoms with Gasteiger partial charge in [-0.15, -0.1) is 0 Å². The molecule has 0 spiro atoms. The molecule has 1 N–H and O–H groups in total. The lowest BCUT2D eigenvalue weighted by Crippen LogP contribution is -2.38. The molecule has 1 aliphatic rings. The average Bonchev–Trinajstić information content (AvgIpc) is 2.83. The summed E-state index contributed by atoms with van der Waals surface area (Å²) >= 11 is 5.86. The molecule has 0 fully saturated rings. The molecule has 1 aliphatic heterocycles. The molecule has 0 radical (unpaired) electrons. The van der Waals surface area contributed by atoms with Gasteiger partial charge in [-0.25, -0.2) is 0 Å². The first-order chi connectivity index (χ1) is 12.0. The van der Waals surface area contributed by atoms with Gasteiger partial charge in [0, 0.05) is 17.5 Å². The van der Waals surface area contributed by atoms with Crippen molar-refractivity contribution in [2.24, 2.45) is 0 Å². The third kappa shape index (κ3) is 3.61. The molecule has 2 amide bonds. The van der Waals surface area contributed by atoms with Crippen molar-refractivity contribution in [3.63, 3.8) is 0 Å². The lowest BCUT2D eigenvalue weighted by molar-refractivity contribution is -0.126. The number of para-hydroxylation sites is 1. The number of carbonyl (C=O) groups excluding carboxylic acids is 2. The zero-order valence-electron chi connectivity index (χ0n) is 14.1. The van der Waals surface area contributed by atoms with Crippen LogP contribution in [0.1, 0.15) is 24.1 Å². The van der Waals surface area contributed by atoms with E-state index in [1.54, 1.807) is 29.2 Å². The summed E-state index contributed by atoms with van der Waals surface area (Å²) in [7, 11) is 0. The molecule has 2 aromatic rings. The fourth-order valence-electron chi connectivity index (χ4n) is 3.03. The Kier molecular flexibility index (Phi) is 4.95. The number of carbonyl (C=O) groups is 2. The van der Waals surface area contributed by atoms with Crippen molar-refractivity contribution in [3.05, 3.63) is 58.6 Å². The molecule has 1 unspecified atom stereocenters. The number of benzene rings is 2. The zero-order valence-corrected chi connectivity index (χ0v) is 14.8. The Morgan fingerprint density at radius 1 is 1.24 bits per heavy atom. The van der Waals surface area contributed by atoms with Gasteiger partial charge in [-0.3, -0.25) is 9.59 Å². The van der Waals surface area contributed by atoms with E-state index in [-0.39, 0.29) is 11.8 Å². The van der Waals surface area contributed by atoms with Crippen LogP contribution >= 0.6 is 11.6 Å². The molecule has 0 saturated heterocycles. The summed E-state index contributed by atoms with van der Waals surface area (Å²) in [6.45, 7) is 4.10. The van der Waals surface area contributed by atoms with Gasteiger partial charge in [-0.2, -0.15) is 0 Å². The van der Waals surface area contributed by atoms with Crippen LogP contribution in [0.15, 0.2) is 42.5 Å². The molecule has 0 aromatic heterocycles. The van der Waals surface area contributed by atoms with Gasteiger partial charge in [0.2, 0.25) is 5.91 Å². The van der Waals surface area contributed by atoms with Crippen LogP contribution in [-0.4, -0.2) is 25.0 Å². The van der Waals surface area contributed by atoms with E-state index in [9.17, 15) is 9.59 Å². The predicted octanol–water partition coefficient (Wildman–Crippen LogP) is 3.25. The van der Waals surface area contributed by atoms with Crippen molar-refractivity contribution in [1.82, 2.24) is 5.32 Å². The Hall–Kier alpha value is -2.53. The number of fused-ring (bicyclic) bond motifs is 1. The highest BCUT2D eigenvalue weighted by Crippen LogP contribution is 2.38. The SMILES string of the molecule is CC(=O)NC1C(=O)N(CCOc2ccc(Cl)cc2)c2c(C)cccc21. The number of amides is 2. The third-order valence-corrected chi connectivity index (χ3v) is 4.36. The number of anilines is 1. The summed E-state index contributed by atoms with van der Waals surface area (Å²) in [6, 6.07) is 12.2. The van der Waals surface area contributed by atoms with Crippen LogP contribution in [0.3, 0.4) is 0 Å². The lowest BCUT2D eigenvalue weighted by Gasteiger charge is -2.20. The standard InChI is InChI=1S/C19H19ClN2O3/c1-12-4-3-5-16-17(21-13(2)23)19(24)22(18(12)16)10-11-25-15-8-6-14(20)7-9-15/h3-9,17H,10-11H2,1-2H3,(H,21,23). The van der Waals surface area contributed by atoms with E-state index in [0.29, 0.717) is 23.9 Å². The minimum atomic E-state index is -0.636. The molecule has 0 aliphatic carbocycles. The van der Waals surface area contributed by atoms with Crippen LogP contribution in [0.2, 0.25) is 5.02 Å². The Morgan fingerprint density at radius 2 is 1.96 bits per heavy atom. The fourth-order valence-corrected chi connectivity index (χ4v) is 3.16. The van der Waals surface area contributed by atoms with E-state index in [2.05, 4.69) is 5.32 Å². The monoisotopic (exact) mass is 358 g/mol. The maximum atomic E-state index is 12.8. The van der Waals surface area contributed by atoms with Gasteiger partial charge in [-0.05, 0) is 36.8 Å². The van der Waals surface area contributed by atoms with Gasteiger partial charge in [-0.1, -0.05) is 29.8 Å². The fraction of sp³-hybridized carbons (Fsp3) is 0.263. The van der Waals surface area contributed by atoms with Gasteiger partial charge < -0.3 is 15.0 Å². The van der Waals surface area contributed by atoms with Gasteiger partial charge in [0.25, 0.3) is 5.91 Å². The van der Waals surface area contributed by atoms with Crippen LogP contribution in [0.4, 0.5) is 5.69 Å². The second-order valence-corrected chi connectivity index (χ2v) is 6.37. The summed E-state index contributed by atoms with van der Waals surface area (Å²) in [5, 5.41) is 3.38. The summed E-state index contributed by atoms with van der Waals surface area (Å²) in [5.74, 6) is 0.323. The Bertz CT molecular complexity index is 805. The second kappa shape index (κ2) is 7.15. The van der Waals surface area contributed by atoms with E-state index in [1.165, 1.54) is 6.92 Å². The van der Waals surface area contributed by atoms with Gasteiger partial charge in [0.05, 0.1) is 12.2 Å². The number of nitrogens with one attached hydrogen (secondary N) is 1. The highest BCUT2D eigenvalue weighted by atomic mass is 35.5. The van der Waals surface area contributed by atoms with E-state index in [1.807, 2.05) is 25.1 Å². The molecule has 6 heteroatoms. The van der Waals surface area contributed by atoms with E-state index in [0.717, 1.165) is 16.8 Å². The molecule has 130 valence electrons. The van der Waals surface area contributed by atoms with Crippen LogP contribution in [-0.2, 0) is 9.59 Å². The Labute approximate surface area is 151 Å². The van der Waals surface area contributed by atoms with E-state index < -0.39 is 6.04 Å². The molecule has 2 aromatic carbocycles. The molecular weight excluding hydrogens is 340 g/mol. The molecular formula is C19H19ClN2O3. The molecule has 3 rings (SSSR count). The highest BCUT2D eigenvalue weighted by Gasteiger charge is 2.38. The zero-order chi connectivity index (χ0) is 18.0. The minimum absolute atomic E-state index is 0.140. The highest BCUT2D eigenvalue weighted by molar-refractivity contribution is 6.30. The molecule has 5 nitrogen and oxygen atoms in total. The summed E-state index contributed by atoms with van der Waals surface area (Å²) in [4.78, 5) is 25.9. The smallest absolute Gasteiger partial charge is 0.254 e. The quantitative estimate of drug-likeness (QED) is 0.892. The van der Waals surface area contributed by atoms with Crippen molar-refractivity contribution in [3.8, 4) is 5.75 Å². The second-order valence-electron chi connectivity index (χ2n) is 5.94. The van der Waals surface area contributed by atoms with Crippen molar-refractivity contribution in [2.75, 3.05) is 18.1 Å². The van der Waals surface area contributed by atoms with Crippen molar-refractivity contribution in [2.45, 2.75) is 19.9 Å². The van der Waals surface area contributed by atoms with Crippen molar-refractivity contribution >= 4 is 29.1 Å². The Morgan fingerprint density at radius 3 is 2.64 bits per heavy atom. The molecule has 0 saturated carbocycles. The average molecular weight is 359 g/mol. The maximum absolute atomic E-state index is 12.8. The first kappa shape index (κ1) is 17.3. The molecule has 0 bridgehead atoms. The number of hydrogen-bond acceptors (Lipinski definition) is 3. The normalized spacial score (nSPS) is 15.9. The number of aryl methyl sites for hydroxylation is 1. The first-order valence-corrected chi connectivity index (χ1v) is 8.41. The van der Waals surface area contributed by atoms with Gasteiger partial charge in [0.1, 0.15) is 18.4 Å². The summed E-state index contributed by atoms with van der Waals surface area (Å²) < 4.78 is 5.70. The number of nitrogens with zero attached hydrogens (tertiary/aromatic N) is 1. The lowest BCUT2D eigenvalue weighted by atomic mass is 10.1. The Balaban J connectivity index is 1.76. The minimum Gasteiger partial charge on any atom is -0.492 e. The van der Waals surface area contributed by atoms with E-state index in [4.69, 9.17) is 16.3 Å². The van der Waals surface area contributed by atoms with Crippen molar-refractivity contribution in [1.29, 1.82) is 0 Å². The summed E-state index contributed by atoms with van der Waals surface area (Å²) in [5.41, 5.74) is 2.67. The van der Waals surface area contributed by atoms with Crippen LogP contribution in [0.5, 0.6) is 5.75 Å². The van der Waals surface area contributed by atoms with Gasteiger partial charge in [0.15, 0.2) is 0 Å². The molecule has 1 atom stereocenters. The van der Waals surface area contributed by atoms with E-state index >= 15 is 0 Å².